The molecule has 0 aliphatic carbocycles. The smallest absolute Gasteiger partial charge is 0.132 e. The molecule has 0 aromatic carbocycles. The molecule has 0 fully saturated rings. The predicted molar refractivity (Wildman–Crippen MR) is 57.0 cm³/mol. The molecule has 3 N–H and O–H groups in total. The summed E-state index contributed by atoms with van der Waals surface area (Å²) in [5.41, 5.74) is 5.73. The van der Waals surface area contributed by atoms with E-state index in [4.69, 9.17) is 5.73 Å². The molecule has 0 radical (unpaired) electrons. The Morgan fingerprint density at radius 1 is 1.57 bits per heavy atom. The third-order valence-corrected chi connectivity index (χ3v) is 2.26. The van der Waals surface area contributed by atoms with Gasteiger partial charge in [0.1, 0.15) is 10.7 Å². The highest BCUT2D eigenvalue weighted by atomic mass is 32.1. The van der Waals surface area contributed by atoms with Crippen molar-refractivity contribution in [2.45, 2.75) is 26.0 Å². The maximum absolute atomic E-state index is 9.58. The first-order valence-electron chi connectivity index (χ1n) is 4.36. The number of nitrogens with zero attached hydrogens (tertiary/aromatic N) is 3. The van der Waals surface area contributed by atoms with Crippen molar-refractivity contribution in [3.8, 4) is 0 Å². The molecule has 1 heterocycles. The van der Waals surface area contributed by atoms with Crippen LogP contribution in [-0.4, -0.2) is 38.8 Å². The average molecular weight is 216 g/mol. The number of likely N-dealkylation sites (N-methyl/N-ethyl adjacent to an activating group) is 1. The van der Waals surface area contributed by atoms with E-state index in [1.807, 2.05) is 11.9 Å². The van der Waals surface area contributed by atoms with Crippen molar-refractivity contribution in [1.82, 2.24) is 14.5 Å². The maximum atomic E-state index is 9.58. The van der Waals surface area contributed by atoms with Gasteiger partial charge in [0.25, 0.3) is 0 Å². The van der Waals surface area contributed by atoms with Gasteiger partial charge in [0.05, 0.1) is 5.60 Å². The van der Waals surface area contributed by atoms with Crippen molar-refractivity contribution in [1.29, 1.82) is 0 Å². The van der Waals surface area contributed by atoms with Gasteiger partial charge in [-0.2, -0.15) is 0 Å². The summed E-state index contributed by atoms with van der Waals surface area (Å²) < 4.78 is 3.75. The number of anilines is 1. The summed E-state index contributed by atoms with van der Waals surface area (Å²) >= 11 is 1.19. The summed E-state index contributed by atoms with van der Waals surface area (Å²) in [6, 6.07) is 0. The monoisotopic (exact) mass is 216 g/mol. The molecule has 0 spiro atoms. The van der Waals surface area contributed by atoms with Crippen LogP contribution in [0.25, 0.3) is 0 Å². The van der Waals surface area contributed by atoms with Crippen LogP contribution in [0, 0.1) is 0 Å². The van der Waals surface area contributed by atoms with Crippen LogP contribution in [-0.2, 0) is 6.54 Å². The third kappa shape index (κ3) is 3.57. The number of nitrogens with two attached hydrogens (primary N) is 1. The molecule has 0 unspecified atom stereocenters. The van der Waals surface area contributed by atoms with E-state index in [1.165, 1.54) is 11.5 Å². The standard InChI is InChI=1S/C8H16N4OS/c1-8(2,13)5-12(3)4-6-7(9)14-11-10-6/h13H,4-5,9H2,1-3H3. The molecule has 1 aromatic heterocycles. The molecular weight excluding hydrogens is 200 g/mol. The molecule has 0 atom stereocenters. The normalized spacial score (nSPS) is 12.4. The molecule has 80 valence electrons. The number of aliphatic hydroxyl groups is 1. The highest BCUT2D eigenvalue weighted by molar-refractivity contribution is 7.09. The minimum atomic E-state index is -0.701. The zero-order valence-electron chi connectivity index (χ0n) is 8.69. The van der Waals surface area contributed by atoms with Crippen LogP contribution in [0.4, 0.5) is 5.00 Å². The Balaban J connectivity index is 2.50. The van der Waals surface area contributed by atoms with E-state index in [9.17, 15) is 5.11 Å². The minimum Gasteiger partial charge on any atom is -0.389 e. The van der Waals surface area contributed by atoms with Crippen LogP contribution < -0.4 is 5.73 Å². The van der Waals surface area contributed by atoms with Crippen LogP contribution in [0.3, 0.4) is 0 Å². The van der Waals surface area contributed by atoms with E-state index in [0.717, 1.165) is 5.69 Å². The zero-order valence-corrected chi connectivity index (χ0v) is 9.51. The Bertz CT molecular complexity index is 294. The van der Waals surface area contributed by atoms with Gasteiger partial charge in [0.2, 0.25) is 0 Å². The first-order valence-corrected chi connectivity index (χ1v) is 5.13. The molecule has 0 saturated heterocycles. The Morgan fingerprint density at radius 3 is 2.64 bits per heavy atom. The van der Waals surface area contributed by atoms with Crippen molar-refractivity contribution in [2.75, 3.05) is 19.3 Å². The highest BCUT2D eigenvalue weighted by Crippen LogP contribution is 2.15. The summed E-state index contributed by atoms with van der Waals surface area (Å²) in [6.07, 6.45) is 0. The number of aromatic nitrogens is 2. The molecule has 0 aliphatic rings. The lowest BCUT2D eigenvalue weighted by molar-refractivity contribution is 0.0422. The van der Waals surface area contributed by atoms with Crippen molar-refractivity contribution in [2.24, 2.45) is 0 Å². The second-order valence-corrected chi connectivity index (χ2v) is 4.85. The van der Waals surface area contributed by atoms with Gasteiger partial charge in [0.15, 0.2) is 0 Å². The lowest BCUT2D eigenvalue weighted by atomic mass is 10.1. The topological polar surface area (TPSA) is 75.3 Å². The second-order valence-electron chi connectivity index (χ2n) is 4.07. The van der Waals surface area contributed by atoms with Crippen molar-refractivity contribution in [3.05, 3.63) is 5.69 Å². The molecule has 0 aliphatic heterocycles. The molecule has 0 bridgehead atoms. The predicted octanol–water partition coefficient (Wildman–Crippen LogP) is 0.323. The van der Waals surface area contributed by atoms with Gasteiger partial charge in [-0.3, -0.25) is 4.90 Å². The van der Waals surface area contributed by atoms with Gasteiger partial charge < -0.3 is 10.8 Å². The number of hydrogen-bond acceptors (Lipinski definition) is 6. The molecule has 0 saturated carbocycles. The molecular formula is C8H16N4OS. The molecule has 14 heavy (non-hydrogen) atoms. The first kappa shape index (κ1) is 11.4. The fourth-order valence-corrected chi connectivity index (χ4v) is 1.74. The Morgan fingerprint density at radius 2 is 2.21 bits per heavy atom. The second kappa shape index (κ2) is 4.20. The largest absolute Gasteiger partial charge is 0.389 e. The summed E-state index contributed by atoms with van der Waals surface area (Å²) in [5.74, 6) is 0. The van der Waals surface area contributed by atoms with E-state index in [-0.39, 0.29) is 0 Å². The van der Waals surface area contributed by atoms with E-state index in [0.29, 0.717) is 18.1 Å². The minimum absolute atomic E-state index is 0.573. The molecule has 0 amide bonds. The molecule has 6 heteroatoms. The highest BCUT2D eigenvalue weighted by Gasteiger charge is 2.17. The number of rotatable bonds is 4. The van der Waals surface area contributed by atoms with Crippen molar-refractivity contribution < 1.29 is 5.11 Å². The van der Waals surface area contributed by atoms with E-state index in [2.05, 4.69) is 9.59 Å². The van der Waals surface area contributed by atoms with Gasteiger partial charge in [-0.1, -0.05) is 4.49 Å². The summed E-state index contributed by atoms with van der Waals surface area (Å²) in [5, 5.41) is 14.1. The number of hydrogen-bond donors (Lipinski definition) is 2. The molecule has 5 nitrogen and oxygen atoms in total. The quantitative estimate of drug-likeness (QED) is 0.758. The summed E-state index contributed by atoms with van der Waals surface area (Å²) in [4.78, 5) is 1.97. The van der Waals surface area contributed by atoms with Gasteiger partial charge in [0, 0.05) is 24.6 Å². The van der Waals surface area contributed by atoms with Crippen LogP contribution in [0.5, 0.6) is 0 Å². The van der Waals surface area contributed by atoms with Gasteiger partial charge in [-0.15, -0.1) is 5.10 Å². The lowest BCUT2D eigenvalue weighted by Crippen LogP contribution is -2.36. The van der Waals surface area contributed by atoms with E-state index >= 15 is 0 Å². The van der Waals surface area contributed by atoms with Gasteiger partial charge in [-0.05, 0) is 20.9 Å². The third-order valence-electron chi connectivity index (χ3n) is 1.66. The van der Waals surface area contributed by atoms with Crippen LogP contribution in [0.2, 0.25) is 0 Å². The molecule has 1 aromatic rings. The van der Waals surface area contributed by atoms with E-state index in [1.54, 1.807) is 13.8 Å². The maximum Gasteiger partial charge on any atom is 0.132 e. The van der Waals surface area contributed by atoms with Crippen molar-refractivity contribution >= 4 is 16.5 Å². The van der Waals surface area contributed by atoms with Crippen LogP contribution >= 0.6 is 11.5 Å². The van der Waals surface area contributed by atoms with Crippen LogP contribution in [0.1, 0.15) is 19.5 Å². The average Bonchev–Trinajstić information content (AvgIpc) is 2.32. The summed E-state index contributed by atoms with van der Waals surface area (Å²) in [6.45, 7) is 4.73. The van der Waals surface area contributed by atoms with Crippen molar-refractivity contribution in [3.63, 3.8) is 0 Å². The van der Waals surface area contributed by atoms with Gasteiger partial charge in [-0.25, -0.2) is 0 Å². The fraction of sp³-hybridized carbons (Fsp3) is 0.750. The Kier molecular flexibility index (Phi) is 3.41. The van der Waals surface area contributed by atoms with Crippen LogP contribution in [0.15, 0.2) is 0 Å². The number of nitrogen functional groups attached to an aromatic ring is 1. The lowest BCUT2D eigenvalue weighted by Gasteiger charge is -2.24. The zero-order chi connectivity index (χ0) is 10.8. The van der Waals surface area contributed by atoms with E-state index < -0.39 is 5.60 Å². The Labute approximate surface area is 87.7 Å². The fourth-order valence-electron chi connectivity index (χ4n) is 1.30. The summed E-state index contributed by atoms with van der Waals surface area (Å²) in [7, 11) is 1.91. The Hall–Kier alpha value is -0.720. The SMILES string of the molecule is CN(Cc1nnsc1N)CC(C)(C)O. The van der Waals surface area contributed by atoms with Gasteiger partial charge >= 0.3 is 0 Å². The molecule has 1 rings (SSSR count). The first-order chi connectivity index (χ1) is 6.38.